The molecule has 0 spiro atoms. The summed E-state index contributed by atoms with van der Waals surface area (Å²) in [5.74, 6) is 0.756. The van der Waals surface area contributed by atoms with Gasteiger partial charge in [0.2, 0.25) is 0 Å². The van der Waals surface area contributed by atoms with Crippen LogP contribution in [0, 0.1) is 17.2 Å². The first kappa shape index (κ1) is 11.9. The van der Waals surface area contributed by atoms with Gasteiger partial charge in [0, 0.05) is 25.6 Å². The van der Waals surface area contributed by atoms with Crippen LogP contribution in [-0.4, -0.2) is 37.2 Å². The first-order valence-electron chi connectivity index (χ1n) is 6.60. The number of nitriles is 1. The molecular weight excluding hydrogens is 200 g/mol. The van der Waals surface area contributed by atoms with Gasteiger partial charge in [-0.3, -0.25) is 4.90 Å². The van der Waals surface area contributed by atoms with E-state index in [1.165, 1.54) is 25.7 Å². The van der Waals surface area contributed by atoms with E-state index >= 15 is 0 Å². The lowest BCUT2D eigenvalue weighted by atomic mass is 9.81. The van der Waals surface area contributed by atoms with E-state index in [-0.39, 0.29) is 0 Å². The molecule has 1 aliphatic heterocycles. The third kappa shape index (κ3) is 2.96. The molecule has 0 aromatic carbocycles. The van der Waals surface area contributed by atoms with Gasteiger partial charge in [0.15, 0.2) is 0 Å². The summed E-state index contributed by atoms with van der Waals surface area (Å²) >= 11 is 0. The van der Waals surface area contributed by atoms with Crippen LogP contribution in [-0.2, 0) is 4.74 Å². The molecule has 3 nitrogen and oxygen atoms in total. The van der Waals surface area contributed by atoms with E-state index in [1.54, 1.807) is 0 Å². The molecule has 1 aliphatic carbocycles. The van der Waals surface area contributed by atoms with Crippen molar-refractivity contribution in [3.63, 3.8) is 0 Å². The lowest BCUT2D eigenvalue weighted by Gasteiger charge is -2.41. The van der Waals surface area contributed by atoms with Gasteiger partial charge in [-0.2, -0.15) is 5.26 Å². The predicted molar refractivity (Wildman–Crippen MR) is 63.0 cm³/mol. The van der Waals surface area contributed by atoms with Gasteiger partial charge < -0.3 is 4.74 Å². The molecule has 0 radical (unpaired) electrons. The zero-order chi connectivity index (χ0) is 11.2. The number of nitrogens with zero attached hydrogens (tertiary/aromatic N) is 2. The van der Waals surface area contributed by atoms with Gasteiger partial charge in [-0.15, -0.1) is 0 Å². The van der Waals surface area contributed by atoms with Crippen molar-refractivity contribution in [1.29, 1.82) is 5.26 Å². The normalized spacial score (nSPS) is 32.2. The Morgan fingerprint density at radius 3 is 2.69 bits per heavy atom. The van der Waals surface area contributed by atoms with Crippen LogP contribution in [0.2, 0.25) is 0 Å². The second-order valence-electron chi connectivity index (χ2n) is 4.96. The Hall–Kier alpha value is -0.590. The molecule has 1 heterocycles. The molecule has 2 fully saturated rings. The van der Waals surface area contributed by atoms with Gasteiger partial charge in [0.25, 0.3) is 0 Å². The number of hydrogen-bond acceptors (Lipinski definition) is 3. The monoisotopic (exact) mass is 222 g/mol. The maximum atomic E-state index is 8.71. The van der Waals surface area contributed by atoms with E-state index in [0.29, 0.717) is 0 Å². The average Bonchev–Trinajstić information content (AvgIpc) is 2.38. The second kappa shape index (κ2) is 6.22. The summed E-state index contributed by atoms with van der Waals surface area (Å²) < 4.78 is 5.41. The molecule has 2 rings (SSSR count). The summed E-state index contributed by atoms with van der Waals surface area (Å²) in [7, 11) is 0. The minimum absolute atomic E-state index is 0.728. The Labute approximate surface area is 98.4 Å². The number of ether oxygens (including phenoxy) is 1. The molecule has 2 aliphatic rings. The fourth-order valence-corrected chi connectivity index (χ4v) is 3.16. The topological polar surface area (TPSA) is 36.3 Å². The van der Waals surface area contributed by atoms with Gasteiger partial charge >= 0.3 is 0 Å². The third-order valence-electron chi connectivity index (χ3n) is 4.01. The smallest absolute Gasteiger partial charge is 0.0621 e. The summed E-state index contributed by atoms with van der Waals surface area (Å²) in [4.78, 5) is 2.60. The highest BCUT2D eigenvalue weighted by atomic mass is 16.5. The van der Waals surface area contributed by atoms with E-state index in [0.717, 1.165) is 51.1 Å². The van der Waals surface area contributed by atoms with E-state index in [2.05, 4.69) is 11.0 Å². The van der Waals surface area contributed by atoms with Crippen molar-refractivity contribution in [3.8, 4) is 6.07 Å². The molecule has 2 unspecified atom stereocenters. The Kier molecular flexibility index (Phi) is 4.62. The predicted octanol–water partition coefficient (Wildman–Crippen LogP) is 2.18. The van der Waals surface area contributed by atoms with Crippen LogP contribution >= 0.6 is 0 Å². The highest BCUT2D eigenvalue weighted by Gasteiger charge is 2.30. The summed E-state index contributed by atoms with van der Waals surface area (Å²) in [5, 5.41) is 8.71. The standard InChI is InChI=1S/C13H22N2O/c14-7-3-5-12-4-1-2-6-13(12)15-8-10-16-11-9-15/h12-13H,1-6,8-11H2. The fraction of sp³-hybridized carbons (Fsp3) is 0.923. The molecule has 0 aromatic heterocycles. The van der Waals surface area contributed by atoms with Crippen LogP contribution < -0.4 is 0 Å². The van der Waals surface area contributed by atoms with Crippen molar-refractivity contribution in [1.82, 2.24) is 4.90 Å². The average molecular weight is 222 g/mol. The Balaban J connectivity index is 1.89. The molecule has 0 aromatic rings. The molecule has 2 atom stereocenters. The highest BCUT2D eigenvalue weighted by molar-refractivity contribution is 4.86. The Bertz CT molecular complexity index is 243. The summed E-state index contributed by atoms with van der Waals surface area (Å²) in [6.45, 7) is 3.96. The fourth-order valence-electron chi connectivity index (χ4n) is 3.16. The molecule has 1 saturated heterocycles. The number of hydrogen-bond donors (Lipinski definition) is 0. The largest absolute Gasteiger partial charge is 0.379 e. The van der Waals surface area contributed by atoms with Crippen molar-refractivity contribution < 1.29 is 4.74 Å². The molecule has 1 saturated carbocycles. The van der Waals surface area contributed by atoms with Crippen LogP contribution in [0.4, 0.5) is 0 Å². The summed E-state index contributed by atoms with van der Waals surface area (Å²) in [5.41, 5.74) is 0. The molecule has 16 heavy (non-hydrogen) atoms. The van der Waals surface area contributed by atoms with Crippen molar-refractivity contribution >= 4 is 0 Å². The Morgan fingerprint density at radius 2 is 1.94 bits per heavy atom. The van der Waals surface area contributed by atoms with E-state index in [4.69, 9.17) is 10.00 Å². The van der Waals surface area contributed by atoms with Crippen LogP contribution in [0.1, 0.15) is 38.5 Å². The molecule has 90 valence electrons. The van der Waals surface area contributed by atoms with E-state index in [9.17, 15) is 0 Å². The van der Waals surface area contributed by atoms with Crippen molar-refractivity contribution in [2.24, 2.45) is 5.92 Å². The van der Waals surface area contributed by atoms with E-state index in [1.807, 2.05) is 0 Å². The van der Waals surface area contributed by atoms with Gasteiger partial charge in [-0.1, -0.05) is 12.8 Å². The van der Waals surface area contributed by atoms with Crippen LogP contribution in [0.5, 0.6) is 0 Å². The highest BCUT2D eigenvalue weighted by Crippen LogP contribution is 2.31. The van der Waals surface area contributed by atoms with Crippen molar-refractivity contribution in [2.45, 2.75) is 44.6 Å². The third-order valence-corrected chi connectivity index (χ3v) is 4.01. The lowest BCUT2D eigenvalue weighted by molar-refractivity contribution is -0.00834. The minimum Gasteiger partial charge on any atom is -0.379 e. The van der Waals surface area contributed by atoms with E-state index < -0.39 is 0 Å². The maximum absolute atomic E-state index is 8.71. The maximum Gasteiger partial charge on any atom is 0.0621 e. The number of rotatable bonds is 3. The van der Waals surface area contributed by atoms with Gasteiger partial charge in [-0.25, -0.2) is 0 Å². The molecule has 3 heteroatoms. The lowest BCUT2D eigenvalue weighted by Crippen LogP contribution is -2.48. The minimum atomic E-state index is 0.728. The first-order chi connectivity index (χ1) is 7.92. The zero-order valence-electron chi connectivity index (χ0n) is 10.0. The molecule has 0 N–H and O–H groups in total. The molecule has 0 bridgehead atoms. The van der Waals surface area contributed by atoms with Gasteiger partial charge in [0.05, 0.1) is 19.3 Å². The van der Waals surface area contributed by atoms with Crippen LogP contribution in [0.25, 0.3) is 0 Å². The second-order valence-corrected chi connectivity index (χ2v) is 4.96. The van der Waals surface area contributed by atoms with Crippen molar-refractivity contribution in [3.05, 3.63) is 0 Å². The van der Waals surface area contributed by atoms with Crippen LogP contribution in [0.3, 0.4) is 0 Å². The molecule has 0 amide bonds. The SMILES string of the molecule is N#CCCC1CCCCC1N1CCOCC1. The quantitative estimate of drug-likeness (QED) is 0.734. The molecular formula is C13H22N2O. The van der Waals surface area contributed by atoms with Crippen LogP contribution in [0.15, 0.2) is 0 Å². The number of morpholine rings is 1. The summed E-state index contributed by atoms with van der Waals surface area (Å²) in [6, 6.07) is 3.02. The van der Waals surface area contributed by atoms with Crippen molar-refractivity contribution in [2.75, 3.05) is 26.3 Å². The first-order valence-corrected chi connectivity index (χ1v) is 6.60. The zero-order valence-corrected chi connectivity index (χ0v) is 10.0. The van der Waals surface area contributed by atoms with Gasteiger partial charge in [0.1, 0.15) is 0 Å². The summed E-state index contributed by atoms with van der Waals surface area (Å²) in [6.07, 6.45) is 7.20. The Morgan fingerprint density at radius 1 is 1.19 bits per heavy atom. The van der Waals surface area contributed by atoms with Gasteiger partial charge in [-0.05, 0) is 25.2 Å².